The fraction of sp³-hybridized carbons (Fsp3) is 0. The summed E-state index contributed by atoms with van der Waals surface area (Å²) in [4.78, 5) is 7.66. The standard InChI is InChI=1S/C8H4Cl2N2/c9-6-1-2-7-5(3-6)4-11-8(10)12-7/h1-4H/i4D. The highest BCUT2D eigenvalue weighted by Gasteiger charge is 1.97. The molecule has 0 bridgehead atoms. The molecule has 12 heavy (non-hydrogen) atoms. The van der Waals surface area contributed by atoms with Gasteiger partial charge in [-0.05, 0) is 29.8 Å². The second-order valence-corrected chi connectivity index (χ2v) is 3.04. The Labute approximate surface area is 80.6 Å². The predicted molar refractivity (Wildman–Crippen MR) is 49.6 cm³/mol. The smallest absolute Gasteiger partial charge is 0.222 e. The van der Waals surface area contributed by atoms with Crippen LogP contribution in [0, 0.1) is 0 Å². The van der Waals surface area contributed by atoms with E-state index in [4.69, 9.17) is 24.6 Å². The Balaban J connectivity index is 2.87. The molecule has 0 saturated carbocycles. The highest BCUT2D eigenvalue weighted by molar-refractivity contribution is 6.31. The zero-order valence-electron chi connectivity index (χ0n) is 6.88. The van der Waals surface area contributed by atoms with Crippen LogP contribution in [0.15, 0.2) is 24.4 Å². The van der Waals surface area contributed by atoms with Gasteiger partial charge in [-0.1, -0.05) is 11.6 Å². The maximum Gasteiger partial charge on any atom is 0.222 e. The predicted octanol–water partition coefficient (Wildman–Crippen LogP) is 2.94. The molecule has 1 aromatic heterocycles. The van der Waals surface area contributed by atoms with Crippen LogP contribution in [0.25, 0.3) is 10.9 Å². The topological polar surface area (TPSA) is 25.8 Å². The Morgan fingerprint density at radius 2 is 2.17 bits per heavy atom. The van der Waals surface area contributed by atoms with Gasteiger partial charge < -0.3 is 0 Å². The lowest BCUT2D eigenvalue weighted by Gasteiger charge is -1.96. The quantitative estimate of drug-likeness (QED) is 0.611. The van der Waals surface area contributed by atoms with Crippen molar-refractivity contribution >= 4 is 34.1 Å². The lowest BCUT2D eigenvalue weighted by molar-refractivity contribution is 1.22. The van der Waals surface area contributed by atoms with E-state index < -0.39 is 0 Å². The maximum atomic E-state index is 7.51. The highest BCUT2D eigenvalue weighted by Crippen LogP contribution is 2.17. The molecule has 60 valence electrons. The van der Waals surface area contributed by atoms with Crippen LogP contribution in [0.5, 0.6) is 0 Å². The van der Waals surface area contributed by atoms with Gasteiger partial charge in [0, 0.05) is 16.6 Å². The van der Waals surface area contributed by atoms with Gasteiger partial charge in [0.2, 0.25) is 5.28 Å². The van der Waals surface area contributed by atoms with Crippen LogP contribution in [0.2, 0.25) is 10.3 Å². The van der Waals surface area contributed by atoms with Crippen molar-refractivity contribution in [3.8, 4) is 0 Å². The highest BCUT2D eigenvalue weighted by atomic mass is 35.5. The molecule has 0 unspecified atom stereocenters. The molecule has 2 nitrogen and oxygen atoms in total. The zero-order valence-corrected chi connectivity index (χ0v) is 7.39. The second-order valence-electron chi connectivity index (χ2n) is 2.27. The molecule has 0 aliphatic heterocycles. The minimum absolute atomic E-state index is 0.0832. The molecular formula is C8H4Cl2N2. The van der Waals surface area contributed by atoms with Crippen molar-refractivity contribution in [2.24, 2.45) is 0 Å². The van der Waals surface area contributed by atoms with Crippen LogP contribution in [0.1, 0.15) is 1.37 Å². The second kappa shape index (κ2) is 2.88. The SMILES string of the molecule is [2H]c1nc(Cl)nc2ccc(Cl)cc12. The van der Waals surface area contributed by atoms with E-state index in [-0.39, 0.29) is 11.5 Å². The van der Waals surface area contributed by atoms with Gasteiger partial charge >= 0.3 is 0 Å². The number of fused-ring (bicyclic) bond motifs is 1. The van der Waals surface area contributed by atoms with E-state index in [1.54, 1.807) is 18.2 Å². The first-order valence-corrected chi connectivity index (χ1v) is 4.02. The Hall–Kier alpha value is -0.860. The number of benzene rings is 1. The van der Waals surface area contributed by atoms with Gasteiger partial charge in [-0.25, -0.2) is 9.97 Å². The van der Waals surface area contributed by atoms with E-state index in [2.05, 4.69) is 9.97 Å². The van der Waals surface area contributed by atoms with Crippen LogP contribution in [0.3, 0.4) is 0 Å². The van der Waals surface area contributed by atoms with Crippen molar-refractivity contribution in [3.05, 3.63) is 34.7 Å². The van der Waals surface area contributed by atoms with Crippen LogP contribution in [-0.2, 0) is 0 Å². The van der Waals surface area contributed by atoms with Gasteiger partial charge in [-0.3, -0.25) is 0 Å². The van der Waals surface area contributed by atoms with E-state index in [9.17, 15) is 0 Å². The largest absolute Gasteiger partial charge is 0.226 e. The lowest BCUT2D eigenvalue weighted by Crippen LogP contribution is -1.82. The van der Waals surface area contributed by atoms with Gasteiger partial charge in [-0.2, -0.15) is 0 Å². The summed E-state index contributed by atoms with van der Waals surface area (Å²) in [5, 5.41) is 1.25. The third kappa shape index (κ3) is 1.36. The molecule has 0 fully saturated rings. The molecule has 0 aliphatic rings. The van der Waals surface area contributed by atoms with Crippen molar-refractivity contribution in [1.82, 2.24) is 9.97 Å². The van der Waals surface area contributed by atoms with Gasteiger partial charge in [0.15, 0.2) is 0 Å². The van der Waals surface area contributed by atoms with E-state index in [0.29, 0.717) is 15.9 Å². The van der Waals surface area contributed by atoms with E-state index in [0.717, 1.165) is 0 Å². The van der Waals surface area contributed by atoms with Crippen molar-refractivity contribution in [3.63, 3.8) is 0 Å². The van der Waals surface area contributed by atoms with E-state index >= 15 is 0 Å². The average Bonchev–Trinajstić information content (AvgIpc) is 2.06. The summed E-state index contributed by atoms with van der Waals surface area (Å²) in [5.41, 5.74) is 0.634. The third-order valence-electron chi connectivity index (χ3n) is 1.44. The van der Waals surface area contributed by atoms with Gasteiger partial charge in [0.1, 0.15) is 0 Å². The van der Waals surface area contributed by atoms with Crippen molar-refractivity contribution in [2.45, 2.75) is 0 Å². The van der Waals surface area contributed by atoms with Gasteiger partial charge in [0.25, 0.3) is 0 Å². The Kier molecular flexibility index (Phi) is 1.59. The van der Waals surface area contributed by atoms with Crippen molar-refractivity contribution < 1.29 is 1.37 Å². The Bertz CT molecular complexity index is 473. The normalized spacial score (nSPS) is 11.7. The molecule has 0 saturated heterocycles. The first-order valence-electron chi connectivity index (χ1n) is 3.76. The fourth-order valence-electron chi connectivity index (χ4n) is 0.926. The molecule has 2 aromatic rings. The number of halogens is 2. The molecule has 0 atom stereocenters. The molecule has 0 spiro atoms. The van der Waals surface area contributed by atoms with Crippen molar-refractivity contribution in [2.75, 3.05) is 0 Å². The zero-order chi connectivity index (χ0) is 9.42. The number of hydrogen-bond donors (Lipinski definition) is 0. The summed E-state index contributed by atoms with van der Waals surface area (Å²) < 4.78 is 7.51. The van der Waals surface area contributed by atoms with Gasteiger partial charge in [-0.15, -0.1) is 0 Å². The average molecular weight is 200 g/mol. The van der Waals surface area contributed by atoms with Gasteiger partial charge in [0.05, 0.1) is 6.89 Å². The molecule has 0 radical (unpaired) electrons. The first-order chi connectivity index (χ1) is 6.16. The summed E-state index contributed by atoms with van der Waals surface area (Å²) >= 11 is 11.3. The van der Waals surface area contributed by atoms with Crippen molar-refractivity contribution in [1.29, 1.82) is 0 Å². The summed E-state index contributed by atoms with van der Waals surface area (Å²) in [6.45, 7) is 0. The minimum atomic E-state index is 0.0832. The monoisotopic (exact) mass is 199 g/mol. The lowest BCUT2D eigenvalue weighted by atomic mass is 10.2. The Morgan fingerprint density at radius 1 is 1.33 bits per heavy atom. The molecule has 0 N–H and O–H groups in total. The Morgan fingerprint density at radius 3 is 3.00 bits per heavy atom. The van der Waals surface area contributed by atoms with Crippen LogP contribution in [-0.4, -0.2) is 9.97 Å². The summed E-state index contributed by atoms with van der Waals surface area (Å²) in [7, 11) is 0. The number of nitrogens with zero attached hydrogens (tertiary/aromatic N) is 2. The summed E-state index contributed by atoms with van der Waals surface area (Å²) in [6, 6.07) is 5.06. The molecule has 0 aliphatic carbocycles. The molecule has 1 heterocycles. The van der Waals surface area contributed by atoms with Crippen LogP contribution < -0.4 is 0 Å². The third-order valence-corrected chi connectivity index (χ3v) is 1.84. The molecule has 2 rings (SSSR count). The van der Waals surface area contributed by atoms with E-state index in [1.807, 2.05) is 0 Å². The number of rotatable bonds is 0. The molecule has 0 amide bonds. The summed E-state index contributed by atoms with van der Waals surface area (Å²) in [5.74, 6) is 0. The molecular weight excluding hydrogens is 195 g/mol. The fourth-order valence-corrected chi connectivity index (χ4v) is 1.23. The van der Waals surface area contributed by atoms with Crippen LogP contribution >= 0.6 is 23.2 Å². The molecule has 4 heteroatoms. The minimum Gasteiger partial charge on any atom is -0.226 e. The number of aromatic nitrogens is 2. The van der Waals surface area contributed by atoms with Crippen LogP contribution in [0.4, 0.5) is 0 Å². The first kappa shape index (κ1) is 6.63. The number of hydrogen-bond acceptors (Lipinski definition) is 2. The maximum absolute atomic E-state index is 7.51. The van der Waals surface area contributed by atoms with E-state index in [1.165, 1.54) is 0 Å². The summed E-state index contributed by atoms with van der Waals surface area (Å²) in [6.07, 6.45) is 0.0949. The molecule has 1 aromatic carbocycles.